The third-order valence-electron chi connectivity index (χ3n) is 3.45. The van der Waals surface area contributed by atoms with Crippen molar-refractivity contribution < 1.29 is 14.5 Å². The smallest absolute Gasteiger partial charge is 0.279 e. The Morgan fingerprint density at radius 1 is 1.22 bits per heavy atom. The summed E-state index contributed by atoms with van der Waals surface area (Å²) in [6, 6.07) is 7.65. The minimum Gasteiger partial charge on any atom is -0.334 e. The molecule has 0 spiro atoms. The van der Waals surface area contributed by atoms with E-state index in [1.165, 1.54) is 0 Å². The normalized spacial score (nSPS) is 11.7. The van der Waals surface area contributed by atoms with Gasteiger partial charge < -0.3 is 15.1 Å². The van der Waals surface area contributed by atoms with Crippen LogP contribution in [-0.2, 0) is 9.59 Å². The van der Waals surface area contributed by atoms with Crippen molar-refractivity contribution in [2.75, 3.05) is 38.5 Å². The van der Waals surface area contributed by atoms with E-state index in [0.29, 0.717) is 19.6 Å². The van der Waals surface area contributed by atoms with Crippen molar-refractivity contribution in [1.82, 2.24) is 4.90 Å². The summed E-state index contributed by atoms with van der Waals surface area (Å²) in [5.41, 5.74) is 2.88. The molecule has 0 saturated heterocycles. The van der Waals surface area contributed by atoms with Gasteiger partial charge in [0, 0.05) is 18.8 Å². The molecule has 0 aliphatic heterocycles. The molecule has 5 heteroatoms. The fourth-order valence-electron chi connectivity index (χ4n) is 2.25. The van der Waals surface area contributed by atoms with Crippen molar-refractivity contribution in [3.63, 3.8) is 0 Å². The number of amides is 2. The van der Waals surface area contributed by atoms with Crippen LogP contribution in [0.3, 0.4) is 0 Å². The molecule has 0 saturated carbocycles. The molecule has 0 fully saturated rings. The number of likely N-dealkylation sites (N-methyl/N-ethyl adjacent to an activating group) is 2. The number of rotatable bonds is 8. The molecule has 2 amide bonds. The lowest BCUT2D eigenvalue weighted by molar-refractivity contribution is -0.862. The van der Waals surface area contributed by atoms with Crippen LogP contribution in [0.4, 0.5) is 5.69 Å². The van der Waals surface area contributed by atoms with Gasteiger partial charge in [-0.05, 0) is 32.9 Å². The summed E-state index contributed by atoms with van der Waals surface area (Å²) in [5, 5.41) is 2.85. The van der Waals surface area contributed by atoms with E-state index in [2.05, 4.69) is 11.9 Å². The predicted octanol–water partition coefficient (Wildman–Crippen LogP) is 0.873. The fourth-order valence-corrected chi connectivity index (χ4v) is 2.25. The fraction of sp³-hybridized carbons (Fsp3) is 0.444. The number of hydrogen-bond acceptors (Lipinski definition) is 2. The zero-order valence-electron chi connectivity index (χ0n) is 14.6. The molecule has 1 unspecified atom stereocenters. The Labute approximate surface area is 139 Å². The molecule has 0 aliphatic rings. The number of quaternary nitrogens is 1. The van der Waals surface area contributed by atoms with E-state index in [1.54, 1.807) is 4.90 Å². The molecule has 1 rings (SSSR count). The van der Waals surface area contributed by atoms with Gasteiger partial charge in [0.2, 0.25) is 0 Å². The van der Waals surface area contributed by atoms with Gasteiger partial charge in [0.05, 0.1) is 7.05 Å². The summed E-state index contributed by atoms with van der Waals surface area (Å²) in [7, 11) is 1.85. The van der Waals surface area contributed by atoms with Gasteiger partial charge >= 0.3 is 0 Å². The van der Waals surface area contributed by atoms with Crippen LogP contribution in [0, 0.1) is 6.92 Å². The lowest BCUT2D eigenvalue weighted by Crippen LogP contribution is -3.11. The van der Waals surface area contributed by atoms with Crippen LogP contribution in [-0.4, -0.2) is 49.9 Å². The van der Waals surface area contributed by atoms with E-state index < -0.39 is 0 Å². The maximum absolute atomic E-state index is 12.2. The minimum absolute atomic E-state index is 0.0381. The second-order valence-corrected chi connectivity index (χ2v) is 6.09. The Kier molecular flexibility index (Phi) is 7.48. The van der Waals surface area contributed by atoms with Crippen LogP contribution < -0.4 is 10.2 Å². The average molecular weight is 318 g/mol. The predicted molar refractivity (Wildman–Crippen MR) is 93.5 cm³/mol. The monoisotopic (exact) mass is 318 g/mol. The first kappa shape index (κ1) is 18.9. The minimum atomic E-state index is -0.0953. The molecule has 0 bridgehead atoms. The Morgan fingerprint density at radius 2 is 1.83 bits per heavy atom. The highest BCUT2D eigenvalue weighted by atomic mass is 16.2. The first-order chi connectivity index (χ1) is 10.8. The summed E-state index contributed by atoms with van der Waals surface area (Å²) < 4.78 is 0. The van der Waals surface area contributed by atoms with Gasteiger partial charge in [-0.3, -0.25) is 9.59 Å². The summed E-state index contributed by atoms with van der Waals surface area (Å²) >= 11 is 0. The van der Waals surface area contributed by atoms with E-state index in [-0.39, 0.29) is 18.4 Å². The number of nitrogens with zero attached hydrogens (tertiary/aromatic N) is 1. The summed E-state index contributed by atoms with van der Waals surface area (Å²) in [6.45, 7) is 11.5. The second-order valence-electron chi connectivity index (χ2n) is 6.09. The van der Waals surface area contributed by atoms with Crippen LogP contribution in [0.2, 0.25) is 0 Å². The van der Waals surface area contributed by atoms with Crippen LogP contribution >= 0.6 is 0 Å². The van der Waals surface area contributed by atoms with Gasteiger partial charge in [-0.1, -0.05) is 29.8 Å². The van der Waals surface area contributed by atoms with E-state index in [0.717, 1.165) is 21.7 Å². The third-order valence-corrected chi connectivity index (χ3v) is 3.45. The van der Waals surface area contributed by atoms with E-state index in [9.17, 15) is 9.59 Å². The number of aryl methyl sites for hydroxylation is 1. The Bertz CT molecular complexity index is 552. The Morgan fingerprint density at radius 3 is 2.35 bits per heavy atom. The quantitative estimate of drug-likeness (QED) is 0.699. The zero-order chi connectivity index (χ0) is 17.4. The van der Waals surface area contributed by atoms with Gasteiger partial charge in [-0.25, -0.2) is 0 Å². The van der Waals surface area contributed by atoms with Crippen molar-refractivity contribution >= 4 is 17.5 Å². The molecule has 126 valence electrons. The van der Waals surface area contributed by atoms with Gasteiger partial charge in [0.15, 0.2) is 13.1 Å². The summed E-state index contributed by atoms with van der Waals surface area (Å²) in [5.74, 6) is -0.0572. The number of benzene rings is 1. The van der Waals surface area contributed by atoms with Crippen LogP contribution in [0.5, 0.6) is 0 Å². The van der Waals surface area contributed by atoms with Crippen molar-refractivity contribution in [2.24, 2.45) is 0 Å². The number of hydrogen-bond donors (Lipinski definition) is 2. The van der Waals surface area contributed by atoms with E-state index >= 15 is 0 Å². The highest BCUT2D eigenvalue weighted by Gasteiger charge is 2.18. The largest absolute Gasteiger partial charge is 0.334 e. The van der Waals surface area contributed by atoms with Crippen molar-refractivity contribution in [1.29, 1.82) is 0 Å². The molecular formula is C18H28N3O2+. The number of nitrogens with one attached hydrogen (secondary N) is 2. The summed E-state index contributed by atoms with van der Waals surface area (Å²) in [4.78, 5) is 26.9. The second kappa shape index (κ2) is 9.10. The van der Waals surface area contributed by atoms with Crippen LogP contribution in [0.15, 0.2) is 36.4 Å². The first-order valence-corrected chi connectivity index (χ1v) is 7.91. The van der Waals surface area contributed by atoms with E-state index in [4.69, 9.17) is 0 Å². The number of carbonyl (C=O) groups excluding carboxylic acids is 2. The Balaban J connectivity index is 2.46. The maximum atomic E-state index is 12.2. The molecule has 0 aliphatic carbocycles. The van der Waals surface area contributed by atoms with Crippen molar-refractivity contribution in [3.05, 3.63) is 42.0 Å². The highest BCUT2D eigenvalue weighted by Crippen LogP contribution is 2.07. The highest BCUT2D eigenvalue weighted by molar-refractivity contribution is 5.91. The molecule has 2 N–H and O–H groups in total. The molecule has 0 radical (unpaired) electrons. The molecule has 1 atom stereocenters. The zero-order valence-corrected chi connectivity index (χ0v) is 14.6. The number of carbonyl (C=O) groups is 2. The van der Waals surface area contributed by atoms with Gasteiger partial charge in [-0.2, -0.15) is 0 Å². The van der Waals surface area contributed by atoms with Gasteiger partial charge in [0.1, 0.15) is 0 Å². The average Bonchev–Trinajstić information content (AvgIpc) is 2.46. The maximum Gasteiger partial charge on any atom is 0.279 e. The van der Waals surface area contributed by atoms with Crippen molar-refractivity contribution in [3.8, 4) is 0 Å². The molecule has 0 aromatic heterocycles. The molecular weight excluding hydrogens is 290 g/mol. The molecule has 1 aromatic rings. The van der Waals surface area contributed by atoms with Gasteiger partial charge in [-0.15, -0.1) is 0 Å². The SMILES string of the molecule is C=C(C)CN(CC)C(=O)C[NH+](C)CC(=O)Nc1ccc(C)cc1. The van der Waals surface area contributed by atoms with E-state index in [1.807, 2.05) is 52.1 Å². The molecule has 23 heavy (non-hydrogen) atoms. The lowest BCUT2D eigenvalue weighted by Gasteiger charge is -2.22. The lowest BCUT2D eigenvalue weighted by atomic mass is 10.2. The summed E-state index contributed by atoms with van der Waals surface area (Å²) in [6.07, 6.45) is 0. The first-order valence-electron chi connectivity index (χ1n) is 7.91. The topological polar surface area (TPSA) is 53.9 Å². The third kappa shape index (κ3) is 7.10. The van der Waals surface area contributed by atoms with Crippen LogP contribution in [0.1, 0.15) is 19.4 Å². The van der Waals surface area contributed by atoms with Crippen molar-refractivity contribution in [2.45, 2.75) is 20.8 Å². The molecule has 0 heterocycles. The standard InChI is InChI=1S/C18H27N3O2/c1-6-21(11-14(2)3)18(23)13-20(5)12-17(22)19-16-9-7-15(4)8-10-16/h7-10H,2,6,11-13H2,1,3-5H3,(H,19,22)/p+1. The van der Waals surface area contributed by atoms with Crippen LogP contribution in [0.25, 0.3) is 0 Å². The molecule has 1 aromatic carbocycles. The Hall–Kier alpha value is -2.14. The number of anilines is 1. The molecule has 5 nitrogen and oxygen atoms in total. The van der Waals surface area contributed by atoms with Gasteiger partial charge in [0.25, 0.3) is 11.8 Å².